The van der Waals surface area contributed by atoms with Crippen LogP contribution in [0, 0.1) is 0 Å². The molecule has 0 N–H and O–H groups in total. The Hall–Kier alpha value is -1.00. The summed E-state index contributed by atoms with van der Waals surface area (Å²) in [6.45, 7) is 0. The maximum absolute atomic E-state index is 4.52. The predicted octanol–water partition coefficient (Wildman–Crippen LogP) is 3.34. The molecule has 2 nitrogen and oxygen atoms in total. The summed E-state index contributed by atoms with van der Waals surface area (Å²) in [5.74, 6) is 1.63. The number of aryl methyl sites for hydroxylation is 1. The van der Waals surface area contributed by atoms with E-state index < -0.39 is 0 Å². The third kappa shape index (κ3) is 3.23. The first-order valence-corrected chi connectivity index (χ1v) is 7.26. The van der Waals surface area contributed by atoms with Crippen molar-refractivity contribution in [1.29, 1.82) is 0 Å². The van der Waals surface area contributed by atoms with Crippen LogP contribution in [0.2, 0.25) is 0 Å². The van der Waals surface area contributed by atoms with Crippen molar-refractivity contribution in [3.05, 3.63) is 42.4 Å². The van der Waals surface area contributed by atoms with Crippen LogP contribution in [-0.4, -0.2) is 22.0 Å². The molecule has 4 heteroatoms. The molecule has 88 valence electrons. The molecule has 0 atom stereocenters. The summed E-state index contributed by atoms with van der Waals surface area (Å²) < 4.78 is 0. The van der Waals surface area contributed by atoms with E-state index in [-0.39, 0.29) is 0 Å². The van der Waals surface area contributed by atoms with Gasteiger partial charge in [0.2, 0.25) is 0 Å². The lowest BCUT2D eigenvalue weighted by Gasteiger charge is -2.04. The number of hydrogen-bond donors (Lipinski definition) is 1. The van der Waals surface area contributed by atoms with Crippen LogP contribution in [-0.2, 0) is 6.42 Å². The van der Waals surface area contributed by atoms with Crippen molar-refractivity contribution in [1.82, 2.24) is 9.97 Å². The van der Waals surface area contributed by atoms with E-state index in [2.05, 4.69) is 53.1 Å². The third-order valence-electron chi connectivity index (χ3n) is 2.43. The van der Waals surface area contributed by atoms with Gasteiger partial charge in [-0.25, -0.2) is 9.97 Å². The van der Waals surface area contributed by atoms with Crippen molar-refractivity contribution >= 4 is 24.4 Å². The molecule has 0 amide bonds. The van der Waals surface area contributed by atoms with Crippen molar-refractivity contribution in [3.8, 4) is 11.3 Å². The van der Waals surface area contributed by atoms with Gasteiger partial charge in [0, 0.05) is 23.1 Å². The molecule has 17 heavy (non-hydrogen) atoms. The molecule has 0 saturated carbocycles. The Balaban J connectivity index is 2.28. The largest absolute Gasteiger partial charge is 0.241 e. The zero-order chi connectivity index (χ0) is 12.1. The van der Waals surface area contributed by atoms with Gasteiger partial charge in [-0.15, -0.1) is 11.8 Å². The summed E-state index contributed by atoms with van der Waals surface area (Å²) in [5, 5.41) is 0. The van der Waals surface area contributed by atoms with Crippen LogP contribution in [0.5, 0.6) is 0 Å². The van der Waals surface area contributed by atoms with Gasteiger partial charge in [-0.3, -0.25) is 0 Å². The van der Waals surface area contributed by atoms with E-state index in [1.807, 2.05) is 12.3 Å². The molecule has 0 aliphatic carbocycles. The zero-order valence-electron chi connectivity index (χ0n) is 9.63. The van der Waals surface area contributed by atoms with Crippen molar-refractivity contribution in [2.45, 2.75) is 11.3 Å². The molecule has 0 aliphatic heterocycles. The highest BCUT2D eigenvalue weighted by atomic mass is 32.2. The molecule has 0 aliphatic rings. The molecule has 1 heterocycles. The number of hydrogen-bond acceptors (Lipinski definition) is 4. The first-order chi connectivity index (χ1) is 8.33. The second-order valence-corrected chi connectivity index (χ2v) is 4.89. The van der Waals surface area contributed by atoms with Crippen molar-refractivity contribution < 1.29 is 0 Å². The average Bonchev–Trinajstić information content (AvgIpc) is 2.40. The minimum absolute atomic E-state index is 0.773. The highest BCUT2D eigenvalue weighted by Gasteiger charge is 2.01. The minimum atomic E-state index is 0.773. The number of benzene rings is 1. The van der Waals surface area contributed by atoms with Crippen LogP contribution in [0.25, 0.3) is 11.3 Å². The predicted molar refractivity (Wildman–Crippen MR) is 76.8 cm³/mol. The van der Waals surface area contributed by atoms with Gasteiger partial charge in [0.1, 0.15) is 5.82 Å². The monoisotopic (exact) mass is 262 g/mol. The molecule has 1 aromatic heterocycles. The molecule has 0 unspecified atom stereocenters. The van der Waals surface area contributed by atoms with E-state index in [0.717, 1.165) is 29.3 Å². The molecule has 0 bridgehead atoms. The second kappa shape index (κ2) is 6.07. The Morgan fingerprint density at radius 3 is 2.59 bits per heavy atom. The van der Waals surface area contributed by atoms with Crippen molar-refractivity contribution in [2.75, 3.05) is 12.0 Å². The summed E-state index contributed by atoms with van der Waals surface area (Å²) >= 11 is 5.94. The number of nitrogens with zero attached hydrogens (tertiary/aromatic N) is 2. The van der Waals surface area contributed by atoms with Gasteiger partial charge < -0.3 is 0 Å². The van der Waals surface area contributed by atoms with Crippen LogP contribution < -0.4 is 0 Å². The standard InChI is InChI=1S/C13H14N2S2/c1-17-11-4-2-10(3-5-11)12-6-8-14-13(15-12)7-9-16/h2-6,8,16H,7,9H2,1H3. The van der Waals surface area contributed by atoms with Gasteiger partial charge in [0.15, 0.2) is 0 Å². The van der Waals surface area contributed by atoms with E-state index in [9.17, 15) is 0 Å². The number of aromatic nitrogens is 2. The SMILES string of the molecule is CSc1ccc(-c2ccnc(CCS)n2)cc1. The molecule has 2 aromatic rings. The van der Waals surface area contributed by atoms with Gasteiger partial charge in [-0.05, 0) is 30.2 Å². The van der Waals surface area contributed by atoms with E-state index in [1.54, 1.807) is 11.8 Å². The first-order valence-electron chi connectivity index (χ1n) is 5.40. The smallest absolute Gasteiger partial charge is 0.129 e. The first kappa shape index (κ1) is 12.5. The number of thiol groups is 1. The van der Waals surface area contributed by atoms with E-state index >= 15 is 0 Å². The Bertz CT molecular complexity index is 483. The Morgan fingerprint density at radius 2 is 1.94 bits per heavy atom. The molecular formula is C13H14N2S2. The fraction of sp³-hybridized carbons (Fsp3) is 0.231. The molecule has 0 spiro atoms. The Kier molecular flexibility index (Phi) is 4.45. The molecule has 1 aromatic carbocycles. The van der Waals surface area contributed by atoms with Crippen LogP contribution in [0.1, 0.15) is 5.82 Å². The maximum Gasteiger partial charge on any atom is 0.129 e. The van der Waals surface area contributed by atoms with Crippen LogP contribution >= 0.6 is 24.4 Å². The lowest BCUT2D eigenvalue weighted by molar-refractivity contribution is 0.953. The Labute approximate surface area is 111 Å². The summed E-state index contributed by atoms with van der Waals surface area (Å²) in [5.41, 5.74) is 2.11. The van der Waals surface area contributed by atoms with E-state index in [0.29, 0.717) is 0 Å². The van der Waals surface area contributed by atoms with Crippen LogP contribution in [0.4, 0.5) is 0 Å². The van der Waals surface area contributed by atoms with E-state index in [1.165, 1.54) is 4.90 Å². The number of thioether (sulfide) groups is 1. The minimum Gasteiger partial charge on any atom is -0.241 e. The molecular weight excluding hydrogens is 248 g/mol. The van der Waals surface area contributed by atoms with Crippen LogP contribution in [0.3, 0.4) is 0 Å². The molecule has 0 saturated heterocycles. The van der Waals surface area contributed by atoms with Gasteiger partial charge in [-0.2, -0.15) is 12.6 Å². The summed E-state index contributed by atoms with van der Waals surface area (Å²) in [4.78, 5) is 10.0. The fourth-order valence-corrected chi connectivity index (χ4v) is 2.15. The molecule has 0 radical (unpaired) electrons. The van der Waals surface area contributed by atoms with Crippen molar-refractivity contribution in [3.63, 3.8) is 0 Å². The molecule has 2 rings (SSSR count). The van der Waals surface area contributed by atoms with Gasteiger partial charge in [0.05, 0.1) is 5.69 Å². The lowest BCUT2D eigenvalue weighted by Crippen LogP contribution is -1.96. The van der Waals surface area contributed by atoms with E-state index in [4.69, 9.17) is 0 Å². The zero-order valence-corrected chi connectivity index (χ0v) is 11.3. The second-order valence-electron chi connectivity index (χ2n) is 3.56. The topological polar surface area (TPSA) is 25.8 Å². The highest BCUT2D eigenvalue weighted by molar-refractivity contribution is 7.98. The van der Waals surface area contributed by atoms with Gasteiger partial charge in [-0.1, -0.05) is 12.1 Å². The van der Waals surface area contributed by atoms with Gasteiger partial charge >= 0.3 is 0 Å². The van der Waals surface area contributed by atoms with Gasteiger partial charge in [0.25, 0.3) is 0 Å². The average molecular weight is 262 g/mol. The summed E-state index contributed by atoms with van der Waals surface area (Å²) in [6, 6.07) is 10.4. The van der Waals surface area contributed by atoms with Crippen molar-refractivity contribution in [2.24, 2.45) is 0 Å². The van der Waals surface area contributed by atoms with Crippen LogP contribution in [0.15, 0.2) is 41.4 Å². The number of rotatable bonds is 4. The molecule has 0 fully saturated rings. The summed E-state index contributed by atoms with van der Waals surface area (Å²) in [6.07, 6.45) is 4.69. The Morgan fingerprint density at radius 1 is 1.18 bits per heavy atom. The lowest BCUT2D eigenvalue weighted by atomic mass is 10.1. The quantitative estimate of drug-likeness (QED) is 0.676. The normalized spacial score (nSPS) is 10.5. The third-order valence-corrected chi connectivity index (χ3v) is 3.39. The highest BCUT2D eigenvalue weighted by Crippen LogP contribution is 2.21. The maximum atomic E-state index is 4.52. The summed E-state index contributed by atoms with van der Waals surface area (Å²) in [7, 11) is 0. The fourth-order valence-electron chi connectivity index (χ4n) is 1.54.